The summed E-state index contributed by atoms with van der Waals surface area (Å²) < 4.78 is 6.31. The van der Waals surface area contributed by atoms with Crippen LogP contribution in [0.2, 0.25) is 4.34 Å². The van der Waals surface area contributed by atoms with Gasteiger partial charge in [-0.3, -0.25) is 14.4 Å². The lowest BCUT2D eigenvalue weighted by molar-refractivity contribution is -0.950. The van der Waals surface area contributed by atoms with Crippen LogP contribution in [0, 0.1) is 0 Å². The molecule has 2 aliphatic rings. The molecule has 35 heavy (non-hydrogen) atoms. The summed E-state index contributed by atoms with van der Waals surface area (Å²) in [6.07, 6.45) is 3.31. The minimum Gasteiger partial charge on any atom is -0.370 e. The second-order valence-corrected chi connectivity index (χ2v) is 10.9. The molecule has 2 aromatic rings. The molecule has 1 saturated carbocycles. The number of quaternary nitrogens is 1. The normalized spacial score (nSPS) is 18.9. The Labute approximate surface area is 214 Å². The van der Waals surface area contributed by atoms with Crippen molar-refractivity contribution >= 4 is 52.0 Å². The SMILES string of the molecule is CC[N@+](C)(C1CCC1)C(CNC(=O)c1ccc(Cl)s1)C(=O)Nc1ccc(N2CCOCC2=O)cc1. The Hall–Kier alpha value is -2.46. The summed E-state index contributed by atoms with van der Waals surface area (Å²) >= 11 is 7.20. The van der Waals surface area contributed by atoms with Crippen molar-refractivity contribution in [3.8, 4) is 0 Å². The third-order valence-corrected chi connectivity index (χ3v) is 8.52. The van der Waals surface area contributed by atoms with Crippen molar-refractivity contribution in [1.29, 1.82) is 0 Å². The number of ether oxygens (including phenoxy) is 1. The quantitative estimate of drug-likeness (QED) is 0.496. The van der Waals surface area contributed by atoms with Crippen LogP contribution in [-0.2, 0) is 14.3 Å². The van der Waals surface area contributed by atoms with Crippen molar-refractivity contribution in [2.24, 2.45) is 0 Å². The molecule has 1 aliphatic carbocycles. The van der Waals surface area contributed by atoms with Gasteiger partial charge in [-0.05, 0) is 62.6 Å². The van der Waals surface area contributed by atoms with Gasteiger partial charge in [0, 0.05) is 17.9 Å². The van der Waals surface area contributed by atoms with Crippen molar-refractivity contribution in [2.75, 3.05) is 50.1 Å². The second-order valence-electron chi connectivity index (χ2n) is 9.21. The minimum absolute atomic E-state index is 0.0765. The second kappa shape index (κ2) is 11.1. The van der Waals surface area contributed by atoms with Crippen LogP contribution in [0.15, 0.2) is 36.4 Å². The number of rotatable bonds is 9. The molecule has 4 rings (SSSR count). The van der Waals surface area contributed by atoms with E-state index in [2.05, 4.69) is 24.6 Å². The lowest BCUT2D eigenvalue weighted by Crippen LogP contribution is -2.67. The van der Waals surface area contributed by atoms with E-state index in [1.54, 1.807) is 29.2 Å². The molecule has 8 nitrogen and oxygen atoms in total. The predicted octanol–water partition coefficient (Wildman–Crippen LogP) is 3.52. The van der Waals surface area contributed by atoms with Gasteiger partial charge in [-0.25, -0.2) is 0 Å². The lowest BCUT2D eigenvalue weighted by Gasteiger charge is -2.49. The number of hydrogen-bond acceptors (Lipinski definition) is 5. The van der Waals surface area contributed by atoms with Gasteiger partial charge in [0.15, 0.2) is 6.04 Å². The summed E-state index contributed by atoms with van der Waals surface area (Å²) in [5.41, 5.74) is 1.43. The number of nitrogens with zero attached hydrogens (tertiary/aromatic N) is 2. The summed E-state index contributed by atoms with van der Waals surface area (Å²) in [6, 6.07) is 10.6. The highest BCUT2D eigenvalue weighted by atomic mass is 35.5. The van der Waals surface area contributed by atoms with E-state index in [0.29, 0.717) is 38.6 Å². The number of thiophene rings is 1. The van der Waals surface area contributed by atoms with Gasteiger partial charge in [-0.1, -0.05) is 11.6 Å². The fourth-order valence-corrected chi connectivity index (χ4v) is 5.69. The zero-order valence-corrected chi connectivity index (χ0v) is 21.7. The Morgan fingerprint density at radius 2 is 1.97 bits per heavy atom. The van der Waals surface area contributed by atoms with E-state index in [0.717, 1.165) is 31.5 Å². The van der Waals surface area contributed by atoms with Gasteiger partial charge in [0.25, 0.3) is 17.7 Å². The first-order chi connectivity index (χ1) is 16.8. The molecular formula is C25H32ClN4O4S+. The molecule has 2 N–H and O–H groups in total. The van der Waals surface area contributed by atoms with E-state index in [1.807, 2.05) is 12.1 Å². The van der Waals surface area contributed by atoms with Crippen LogP contribution in [0.3, 0.4) is 0 Å². The summed E-state index contributed by atoms with van der Waals surface area (Å²) in [7, 11) is 2.11. The molecule has 1 aromatic carbocycles. The molecule has 0 bridgehead atoms. The molecule has 0 spiro atoms. The van der Waals surface area contributed by atoms with E-state index >= 15 is 0 Å². The summed E-state index contributed by atoms with van der Waals surface area (Å²) in [5.74, 6) is -0.441. The Kier molecular flexibility index (Phi) is 8.11. The van der Waals surface area contributed by atoms with E-state index in [1.165, 1.54) is 11.3 Å². The average Bonchev–Trinajstić information content (AvgIpc) is 3.25. The first kappa shape index (κ1) is 25.6. The van der Waals surface area contributed by atoms with Crippen LogP contribution in [0.5, 0.6) is 0 Å². The Morgan fingerprint density at radius 3 is 2.54 bits per heavy atom. The monoisotopic (exact) mass is 519 g/mol. The molecule has 10 heteroatoms. The number of nitrogens with one attached hydrogen (secondary N) is 2. The number of anilines is 2. The highest BCUT2D eigenvalue weighted by Crippen LogP contribution is 2.32. The molecule has 188 valence electrons. The lowest BCUT2D eigenvalue weighted by atomic mass is 9.87. The minimum atomic E-state index is -0.454. The van der Waals surface area contributed by atoms with E-state index in [9.17, 15) is 14.4 Å². The number of morpholine rings is 1. The number of halogens is 1. The number of likely N-dealkylation sites (N-methyl/N-ethyl adjacent to an activating group) is 1. The number of amides is 3. The molecular weight excluding hydrogens is 488 g/mol. The third kappa shape index (κ3) is 5.69. The van der Waals surface area contributed by atoms with Crippen molar-refractivity contribution < 1.29 is 23.6 Å². The van der Waals surface area contributed by atoms with Crippen LogP contribution >= 0.6 is 22.9 Å². The molecule has 1 aromatic heterocycles. The fourth-order valence-electron chi connectivity index (χ4n) is 4.73. The van der Waals surface area contributed by atoms with Gasteiger partial charge in [0.1, 0.15) is 6.61 Å². The molecule has 0 radical (unpaired) electrons. The molecule has 2 heterocycles. The Morgan fingerprint density at radius 1 is 1.23 bits per heavy atom. The number of benzene rings is 1. The van der Waals surface area contributed by atoms with Gasteiger partial charge in [0.05, 0.1) is 42.0 Å². The van der Waals surface area contributed by atoms with E-state index < -0.39 is 6.04 Å². The molecule has 1 saturated heterocycles. The number of hydrogen-bond donors (Lipinski definition) is 2. The molecule has 1 aliphatic heterocycles. The van der Waals surface area contributed by atoms with Crippen LogP contribution < -0.4 is 15.5 Å². The average molecular weight is 520 g/mol. The smallest absolute Gasteiger partial charge is 0.284 e. The summed E-state index contributed by atoms with van der Waals surface area (Å²) in [5, 5.41) is 6.00. The van der Waals surface area contributed by atoms with Gasteiger partial charge in [-0.15, -0.1) is 11.3 Å². The largest absolute Gasteiger partial charge is 0.370 e. The number of carbonyl (C=O) groups excluding carboxylic acids is 3. The van der Waals surface area contributed by atoms with Crippen LogP contribution in [0.25, 0.3) is 0 Å². The molecule has 3 amide bonds. The highest BCUT2D eigenvalue weighted by Gasteiger charge is 2.45. The van der Waals surface area contributed by atoms with Crippen molar-refractivity contribution in [2.45, 2.75) is 38.3 Å². The third-order valence-electron chi connectivity index (χ3n) is 7.29. The van der Waals surface area contributed by atoms with Crippen molar-refractivity contribution in [1.82, 2.24) is 5.32 Å². The maximum atomic E-state index is 13.6. The summed E-state index contributed by atoms with van der Waals surface area (Å²) in [4.78, 5) is 40.6. The molecule has 2 fully saturated rings. The standard InChI is InChI=1S/C25H31ClN4O4S/c1-3-30(2,19-5-4-6-19)20(15-27-25(33)21-11-12-22(26)35-21)24(32)28-17-7-9-18(10-8-17)29-13-14-34-16-23(29)31/h7-12,19-20H,3-6,13-16H2,1-2H3,(H-,27,28,32,33)/p+1/t20?,30-/m1/s1. The fraction of sp³-hybridized carbons (Fsp3) is 0.480. The van der Waals surface area contributed by atoms with Crippen molar-refractivity contribution in [3.05, 3.63) is 45.6 Å². The maximum absolute atomic E-state index is 13.6. The maximum Gasteiger partial charge on any atom is 0.284 e. The number of carbonyl (C=O) groups is 3. The van der Waals surface area contributed by atoms with Crippen LogP contribution in [-0.4, -0.2) is 74.2 Å². The first-order valence-electron chi connectivity index (χ1n) is 12.0. The van der Waals surface area contributed by atoms with E-state index in [-0.39, 0.29) is 30.9 Å². The van der Waals surface area contributed by atoms with Gasteiger partial charge >= 0.3 is 0 Å². The van der Waals surface area contributed by atoms with Gasteiger partial charge < -0.3 is 24.8 Å². The first-order valence-corrected chi connectivity index (χ1v) is 13.2. The Bertz CT molecular complexity index is 1070. The summed E-state index contributed by atoms with van der Waals surface area (Å²) in [6.45, 7) is 4.19. The van der Waals surface area contributed by atoms with Crippen LogP contribution in [0.1, 0.15) is 35.9 Å². The predicted molar refractivity (Wildman–Crippen MR) is 138 cm³/mol. The van der Waals surface area contributed by atoms with E-state index in [4.69, 9.17) is 16.3 Å². The zero-order valence-electron chi connectivity index (χ0n) is 20.1. The zero-order chi connectivity index (χ0) is 25.0. The topological polar surface area (TPSA) is 87.7 Å². The highest BCUT2D eigenvalue weighted by molar-refractivity contribution is 7.18. The van der Waals surface area contributed by atoms with Gasteiger partial charge in [0.2, 0.25) is 0 Å². The van der Waals surface area contributed by atoms with Crippen LogP contribution in [0.4, 0.5) is 11.4 Å². The van der Waals surface area contributed by atoms with Gasteiger partial charge in [-0.2, -0.15) is 0 Å². The Balaban J connectivity index is 1.48. The molecule has 1 unspecified atom stereocenters. The molecule has 2 atom stereocenters. The van der Waals surface area contributed by atoms with Crippen molar-refractivity contribution in [3.63, 3.8) is 0 Å².